The molecule has 2 aromatic heterocycles. The van der Waals surface area contributed by atoms with Crippen LogP contribution in [0.25, 0.3) is 0 Å². The molecule has 18 heavy (non-hydrogen) atoms. The van der Waals surface area contributed by atoms with Gasteiger partial charge in [0.15, 0.2) is 0 Å². The summed E-state index contributed by atoms with van der Waals surface area (Å²) >= 11 is 3.74. The molecule has 1 nitrogen and oxygen atoms in total. The van der Waals surface area contributed by atoms with Crippen LogP contribution in [0.5, 0.6) is 0 Å². The van der Waals surface area contributed by atoms with Crippen LogP contribution in [0.1, 0.15) is 29.0 Å². The Morgan fingerprint density at radius 3 is 1.89 bits per heavy atom. The van der Waals surface area contributed by atoms with E-state index in [1.807, 2.05) is 22.7 Å². The smallest absolute Gasteiger partial charge is 0.0292 e. The van der Waals surface area contributed by atoms with Crippen molar-refractivity contribution in [1.82, 2.24) is 4.90 Å². The predicted molar refractivity (Wildman–Crippen MR) is 85.5 cm³/mol. The molecule has 2 aromatic rings. The number of thiophene rings is 2. The lowest BCUT2D eigenvalue weighted by molar-refractivity contribution is 0.292. The van der Waals surface area contributed by atoms with Gasteiger partial charge in [0.2, 0.25) is 0 Å². The number of halogens is 1. The van der Waals surface area contributed by atoms with Crippen molar-refractivity contribution >= 4 is 35.1 Å². The lowest BCUT2D eigenvalue weighted by Crippen LogP contribution is -2.26. The van der Waals surface area contributed by atoms with E-state index in [2.05, 4.69) is 60.9 Å². The quantitative estimate of drug-likeness (QED) is 0.773. The first kappa shape index (κ1) is 15.7. The first-order valence-corrected chi connectivity index (χ1v) is 7.67. The molecule has 0 saturated heterocycles. The van der Waals surface area contributed by atoms with Crippen LogP contribution in [0, 0.1) is 0 Å². The molecule has 1 atom stereocenters. The molecule has 100 valence electrons. The van der Waals surface area contributed by atoms with Gasteiger partial charge in [-0.05, 0) is 50.3 Å². The second-order valence-corrected chi connectivity index (χ2v) is 6.59. The summed E-state index contributed by atoms with van der Waals surface area (Å²) < 4.78 is 0. The molecule has 0 amide bonds. The lowest BCUT2D eigenvalue weighted by atomic mass is 9.97. The summed E-state index contributed by atoms with van der Waals surface area (Å²) in [5.74, 6) is 0.562. The highest BCUT2D eigenvalue weighted by Gasteiger charge is 2.20. The molecule has 0 N–H and O–H groups in total. The fourth-order valence-electron chi connectivity index (χ4n) is 1.90. The van der Waals surface area contributed by atoms with Crippen LogP contribution in [0.4, 0.5) is 0 Å². The van der Waals surface area contributed by atoms with Gasteiger partial charge in [0.1, 0.15) is 0 Å². The normalized spacial score (nSPS) is 12.7. The minimum absolute atomic E-state index is 0. The maximum absolute atomic E-state index is 2.30. The molecule has 0 aliphatic heterocycles. The van der Waals surface area contributed by atoms with E-state index in [9.17, 15) is 0 Å². The van der Waals surface area contributed by atoms with Gasteiger partial charge in [-0.1, -0.05) is 12.1 Å². The molecule has 4 heteroatoms. The van der Waals surface area contributed by atoms with Gasteiger partial charge >= 0.3 is 0 Å². The van der Waals surface area contributed by atoms with Gasteiger partial charge in [-0.2, -0.15) is 0 Å². The molecule has 2 heterocycles. The molecular weight excluding hydrogens is 282 g/mol. The van der Waals surface area contributed by atoms with E-state index >= 15 is 0 Å². The van der Waals surface area contributed by atoms with Gasteiger partial charge < -0.3 is 4.90 Å². The Bertz CT molecular complexity index is 388. The summed E-state index contributed by atoms with van der Waals surface area (Å²) in [5, 5.41) is 4.35. The van der Waals surface area contributed by atoms with Crippen LogP contribution in [-0.2, 0) is 0 Å². The standard InChI is InChI=1S/C14H19NS2.ClH/c1-11(15(2)3)10-12(13-6-4-8-16-13)14-7-5-9-17-14;/h4-9,11-12H,10H2,1-3H3;1H. The highest BCUT2D eigenvalue weighted by molar-refractivity contribution is 7.11. The van der Waals surface area contributed by atoms with E-state index in [-0.39, 0.29) is 12.4 Å². The Morgan fingerprint density at radius 1 is 1.06 bits per heavy atom. The summed E-state index contributed by atoms with van der Waals surface area (Å²) in [4.78, 5) is 5.27. The molecule has 0 spiro atoms. The highest BCUT2D eigenvalue weighted by Crippen LogP contribution is 2.35. The van der Waals surface area contributed by atoms with Crippen LogP contribution >= 0.6 is 35.1 Å². The zero-order valence-corrected chi connectivity index (χ0v) is 13.4. The van der Waals surface area contributed by atoms with Crippen LogP contribution in [0.3, 0.4) is 0 Å². The van der Waals surface area contributed by atoms with Crippen molar-refractivity contribution in [3.63, 3.8) is 0 Å². The fourth-order valence-corrected chi connectivity index (χ4v) is 3.70. The molecular formula is C14H20ClNS2. The SMILES string of the molecule is CC(CC(c1cccs1)c1cccs1)N(C)C.Cl. The minimum Gasteiger partial charge on any atom is -0.307 e. The van der Waals surface area contributed by atoms with Crippen molar-refractivity contribution in [2.45, 2.75) is 25.3 Å². The Morgan fingerprint density at radius 2 is 1.56 bits per heavy atom. The van der Waals surface area contributed by atoms with Crippen LogP contribution in [-0.4, -0.2) is 25.0 Å². The molecule has 0 aromatic carbocycles. The predicted octanol–water partition coefficient (Wildman–Crippen LogP) is 4.70. The number of hydrogen-bond acceptors (Lipinski definition) is 3. The number of rotatable bonds is 5. The number of nitrogens with zero attached hydrogens (tertiary/aromatic N) is 1. The highest BCUT2D eigenvalue weighted by atomic mass is 35.5. The van der Waals surface area contributed by atoms with E-state index < -0.39 is 0 Å². The van der Waals surface area contributed by atoms with Crippen molar-refractivity contribution in [1.29, 1.82) is 0 Å². The molecule has 0 fully saturated rings. The zero-order chi connectivity index (χ0) is 12.3. The minimum atomic E-state index is 0. The Labute approximate surface area is 124 Å². The summed E-state index contributed by atoms with van der Waals surface area (Å²) in [5.41, 5.74) is 0. The van der Waals surface area contributed by atoms with E-state index in [0.29, 0.717) is 12.0 Å². The first-order chi connectivity index (χ1) is 8.18. The molecule has 0 bridgehead atoms. The van der Waals surface area contributed by atoms with E-state index in [0.717, 1.165) is 0 Å². The van der Waals surface area contributed by atoms with Gasteiger partial charge in [0, 0.05) is 21.7 Å². The van der Waals surface area contributed by atoms with Gasteiger partial charge in [-0.3, -0.25) is 0 Å². The molecule has 1 unspecified atom stereocenters. The monoisotopic (exact) mass is 301 g/mol. The van der Waals surface area contributed by atoms with Crippen molar-refractivity contribution in [3.8, 4) is 0 Å². The van der Waals surface area contributed by atoms with Crippen molar-refractivity contribution in [2.24, 2.45) is 0 Å². The maximum atomic E-state index is 2.30. The van der Waals surface area contributed by atoms with Crippen molar-refractivity contribution < 1.29 is 0 Å². The second kappa shape index (κ2) is 7.29. The van der Waals surface area contributed by atoms with Crippen LogP contribution < -0.4 is 0 Å². The first-order valence-electron chi connectivity index (χ1n) is 5.91. The third-order valence-corrected chi connectivity index (χ3v) is 5.20. The van der Waals surface area contributed by atoms with E-state index in [1.165, 1.54) is 16.2 Å². The van der Waals surface area contributed by atoms with Gasteiger partial charge in [0.05, 0.1) is 0 Å². The van der Waals surface area contributed by atoms with Gasteiger partial charge in [-0.25, -0.2) is 0 Å². The molecule has 0 aliphatic rings. The lowest BCUT2D eigenvalue weighted by Gasteiger charge is -2.24. The Balaban J connectivity index is 0.00000162. The third-order valence-electron chi connectivity index (χ3n) is 3.23. The topological polar surface area (TPSA) is 3.24 Å². The summed E-state index contributed by atoms with van der Waals surface area (Å²) in [6, 6.07) is 9.43. The second-order valence-electron chi connectivity index (χ2n) is 4.63. The Kier molecular flexibility index (Phi) is 6.36. The summed E-state index contributed by atoms with van der Waals surface area (Å²) in [6.07, 6.45) is 1.19. The van der Waals surface area contributed by atoms with E-state index in [4.69, 9.17) is 0 Å². The fraction of sp³-hybridized carbons (Fsp3) is 0.429. The average Bonchev–Trinajstić information content (AvgIpc) is 2.98. The van der Waals surface area contributed by atoms with Crippen LogP contribution in [0.2, 0.25) is 0 Å². The Hall–Kier alpha value is -0.350. The van der Waals surface area contributed by atoms with Crippen LogP contribution in [0.15, 0.2) is 35.0 Å². The van der Waals surface area contributed by atoms with Gasteiger partial charge in [-0.15, -0.1) is 35.1 Å². The maximum Gasteiger partial charge on any atom is 0.0292 e. The molecule has 0 saturated carbocycles. The zero-order valence-electron chi connectivity index (χ0n) is 11.0. The molecule has 2 rings (SSSR count). The summed E-state index contributed by atoms with van der Waals surface area (Å²) in [6.45, 7) is 2.30. The van der Waals surface area contributed by atoms with Gasteiger partial charge in [0.25, 0.3) is 0 Å². The van der Waals surface area contributed by atoms with Crippen molar-refractivity contribution in [3.05, 3.63) is 44.8 Å². The van der Waals surface area contributed by atoms with E-state index in [1.54, 1.807) is 0 Å². The average molecular weight is 302 g/mol. The third kappa shape index (κ3) is 3.82. The molecule has 0 aliphatic carbocycles. The largest absolute Gasteiger partial charge is 0.307 e. The number of hydrogen-bond donors (Lipinski definition) is 0. The van der Waals surface area contributed by atoms with Crippen molar-refractivity contribution in [2.75, 3.05) is 14.1 Å². The molecule has 0 radical (unpaired) electrons. The summed E-state index contributed by atoms with van der Waals surface area (Å²) in [7, 11) is 4.31.